The van der Waals surface area contributed by atoms with E-state index >= 15 is 0 Å². The molecule has 6 aromatic rings. The molecule has 0 aromatic heterocycles. The number of hydrogen-bond acceptors (Lipinski definition) is 10. The van der Waals surface area contributed by atoms with Crippen molar-refractivity contribution in [2.24, 2.45) is 0 Å². The molecule has 0 spiro atoms. The summed E-state index contributed by atoms with van der Waals surface area (Å²) in [5.74, 6) is -1.14. The fraction of sp³-hybridized carbons (Fsp3) is 0. The highest BCUT2D eigenvalue weighted by atomic mass is 16.6. The van der Waals surface area contributed by atoms with E-state index in [0.717, 1.165) is 9.80 Å². The van der Waals surface area contributed by atoms with Gasteiger partial charge in [-0.05, 0) is 97.1 Å². The molecule has 0 aliphatic carbocycles. The minimum absolute atomic E-state index is 0.0864. The monoisotopic (exact) mass is 692 g/mol. The van der Waals surface area contributed by atoms with E-state index < -0.39 is 33.5 Å². The summed E-state index contributed by atoms with van der Waals surface area (Å²) in [6, 6.07) is 29.2. The standard InChI is InChI=1S/C38H20N4O10/c43-35-29-17-19-31-34-32(38(46)40(37(31)45)22-3-11-26(12-4-22)52-28-15-7-24(8-16-28)42(49)50)20-18-30(33(29)34)36(44)39(35)21-1-9-25(10-2-21)51-27-13-5-23(6-14-27)41(47)48/h1-20H. The Balaban J connectivity index is 1.05. The van der Waals surface area contributed by atoms with Gasteiger partial charge in [0.05, 0.1) is 21.2 Å². The van der Waals surface area contributed by atoms with Gasteiger partial charge in [0.25, 0.3) is 35.0 Å². The van der Waals surface area contributed by atoms with Crippen LogP contribution in [0.2, 0.25) is 0 Å². The third-order valence-electron chi connectivity index (χ3n) is 8.65. The fourth-order valence-electron chi connectivity index (χ4n) is 6.21. The van der Waals surface area contributed by atoms with Crippen LogP contribution >= 0.6 is 0 Å². The van der Waals surface area contributed by atoms with Crippen LogP contribution in [0.4, 0.5) is 22.7 Å². The lowest BCUT2D eigenvalue weighted by Crippen LogP contribution is -2.43. The maximum atomic E-state index is 13.9. The van der Waals surface area contributed by atoms with Crippen molar-refractivity contribution in [3.63, 3.8) is 0 Å². The summed E-state index contributed by atoms with van der Waals surface area (Å²) >= 11 is 0. The summed E-state index contributed by atoms with van der Waals surface area (Å²) < 4.78 is 11.5. The summed E-state index contributed by atoms with van der Waals surface area (Å²) in [5.41, 5.74) is 0.903. The maximum absolute atomic E-state index is 13.9. The van der Waals surface area contributed by atoms with Gasteiger partial charge in [-0.1, -0.05) is 0 Å². The number of carbonyl (C=O) groups is 4. The van der Waals surface area contributed by atoms with Crippen molar-refractivity contribution in [2.45, 2.75) is 0 Å². The van der Waals surface area contributed by atoms with Crippen molar-refractivity contribution in [2.75, 3.05) is 9.80 Å². The van der Waals surface area contributed by atoms with E-state index in [1.54, 1.807) is 24.3 Å². The Bertz CT molecular complexity index is 2280. The first-order chi connectivity index (χ1) is 25.1. The van der Waals surface area contributed by atoms with Gasteiger partial charge in [-0.15, -0.1) is 0 Å². The van der Waals surface area contributed by atoms with E-state index in [2.05, 4.69) is 0 Å². The molecular formula is C38H20N4O10. The zero-order valence-electron chi connectivity index (χ0n) is 26.4. The van der Waals surface area contributed by atoms with Gasteiger partial charge >= 0.3 is 0 Å². The van der Waals surface area contributed by atoms with Crippen LogP contribution in [0.1, 0.15) is 41.4 Å². The Morgan fingerprint density at radius 2 is 0.635 bits per heavy atom. The molecule has 8 rings (SSSR count). The van der Waals surface area contributed by atoms with E-state index in [9.17, 15) is 39.4 Å². The molecule has 0 atom stereocenters. The number of rotatable bonds is 8. The number of amides is 4. The lowest BCUT2D eigenvalue weighted by Gasteiger charge is -2.32. The maximum Gasteiger partial charge on any atom is 0.269 e. The van der Waals surface area contributed by atoms with E-state index in [1.807, 2.05) is 0 Å². The molecule has 0 radical (unpaired) electrons. The molecule has 14 heteroatoms. The van der Waals surface area contributed by atoms with E-state index in [1.165, 1.54) is 97.1 Å². The van der Waals surface area contributed by atoms with Gasteiger partial charge in [0, 0.05) is 57.3 Å². The molecule has 0 saturated heterocycles. The number of nitrogens with zero attached hydrogens (tertiary/aromatic N) is 4. The van der Waals surface area contributed by atoms with Crippen LogP contribution in [0.15, 0.2) is 121 Å². The fourth-order valence-corrected chi connectivity index (χ4v) is 6.21. The zero-order valence-corrected chi connectivity index (χ0v) is 26.4. The van der Waals surface area contributed by atoms with Crippen LogP contribution in [0.25, 0.3) is 10.8 Å². The SMILES string of the molecule is O=C1c2ccc3c4c(ccc(c24)C(=O)N1c1ccc(Oc2ccc([N+](=O)[O-])cc2)cc1)C(=O)N(c1ccc(Oc2ccc([N+](=O)[O-])cc2)cc1)C3=O. The molecule has 0 bridgehead atoms. The van der Waals surface area contributed by atoms with Crippen molar-refractivity contribution in [3.8, 4) is 23.0 Å². The van der Waals surface area contributed by atoms with E-state index in [-0.39, 0.29) is 55.8 Å². The number of ether oxygens (including phenoxy) is 2. The second kappa shape index (κ2) is 12.0. The smallest absolute Gasteiger partial charge is 0.269 e. The lowest BCUT2D eigenvalue weighted by molar-refractivity contribution is -0.385. The predicted octanol–water partition coefficient (Wildman–Crippen LogP) is 7.84. The molecule has 4 amide bonds. The first-order valence-electron chi connectivity index (χ1n) is 15.5. The Labute approximate surface area is 291 Å². The molecule has 0 fully saturated rings. The lowest BCUT2D eigenvalue weighted by atomic mass is 9.85. The number of nitro groups is 2. The number of nitro benzene ring substituents is 2. The first-order valence-corrected chi connectivity index (χ1v) is 15.5. The second-order valence-corrected chi connectivity index (χ2v) is 11.7. The van der Waals surface area contributed by atoms with Crippen LogP contribution < -0.4 is 19.3 Å². The van der Waals surface area contributed by atoms with Crippen LogP contribution in [0, 0.1) is 20.2 Å². The van der Waals surface area contributed by atoms with Crippen LogP contribution in [0.5, 0.6) is 23.0 Å². The molecule has 2 aliphatic heterocycles. The summed E-state index contributed by atoms with van der Waals surface area (Å²) in [7, 11) is 0. The van der Waals surface area contributed by atoms with Gasteiger partial charge in [0.2, 0.25) is 0 Å². The first kappa shape index (κ1) is 31.5. The molecule has 6 aromatic carbocycles. The normalized spacial score (nSPS) is 13.4. The van der Waals surface area contributed by atoms with Crippen LogP contribution in [-0.4, -0.2) is 33.5 Å². The van der Waals surface area contributed by atoms with Crippen molar-refractivity contribution >= 4 is 57.2 Å². The Morgan fingerprint density at radius 3 is 0.885 bits per heavy atom. The van der Waals surface area contributed by atoms with Crippen molar-refractivity contribution in [3.05, 3.63) is 164 Å². The minimum atomic E-state index is -0.642. The molecular weight excluding hydrogens is 672 g/mol. The van der Waals surface area contributed by atoms with E-state index in [0.29, 0.717) is 23.0 Å². The number of imide groups is 2. The van der Waals surface area contributed by atoms with Gasteiger partial charge in [-0.2, -0.15) is 0 Å². The molecule has 252 valence electrons. The molecule has 2 aliphatic rings. The third kappa shape index (κ3) is 5.14. The average molecular weight is 693 g/mol. The largest absolute Gasteiger partial charge is 0.457 e. The Kier molecular flexibility index (Phi) is 7.27. The average Bonchev–Trinajstić information content (AvgIpc) is 3.15. The highest BCUT2D eigenvalue weighted by molar-refractivity contribution is 6.42. The molecule has 14 nitrogen and oxygen atoms in total. The van der Waals surface area contributed by atoms with Gasteiger partial charge in [-0.25, -0.2) is 9.80 Å². The highest BCUT2D eigenvalue weighted by Gasteiger charge is 2.40. The highest BCUT2D eigenvalue weighted by Crippen LogP contribution is 2.41. The van der Waals surface area contributed by atoms with E-state index in [4.69, 9.17) is 9.47 Å². The van der Waals surface area contributed by atoms with Crippen molar-refractivity contribution in [1.82, 2.24) is 0 Å². The number of carbonyl (C=O) groups excluding carboxylic acids is 4. The third-order valence-corrected chi connectivity index (χ3v) is 8.65. The Hall–Kier alpha value is -7.74. The predicted molar refractivity (Wildman–Crippen MR) is 185 cm³/mol. The van der Waals surface area contributed by atoms with Gasteiger partial charge < -0.3 is 9.47 Å². The van der Waals surface area contributed by atoms with Gasteiger partial charge in [0.15, 0.2) is 0 Å². The minimum Gasteiger partial charge on any atom is -0.457 e. The summed E-state index contributed by atoms with van der Waals surface area (Å²) in [6.07, 6.45) is 0. The number of anilines is 2. The zero-order chi connectivity index (χ0) is 36.3. The quantitative estimate of drug-likeness (QED) is 0.0866. The summed E-state index contributed by atoms with van der Waals surface area (Å²) in [5, 5.41) is 22.3. The molecule has 0 saturated carbocycles. The summed E-state index contributed by atoms with van der Waals surface area (Å²) in [4.78, 5) is 78.3. The van der Waals surface area contributed by atoms with Crippen LogP contribution in [-0.2, 0) is 0 Å². The molecule has 0 N–H and O–H groups in total. The number of benzene rings is 6. The molecule has 52 heavy (non-hydrogen) atoms. The molecule has 2 heterocycles. The van der Waals surface area contributed by atoms with Crippen LogP contribution in [0.3, 0.4) is 0 Å². The summed E-state index contributed by atoms with van der Waals surface area (Å²) in [6.45, 7) is 0. The number of non-ortho nitro benzene ring substituents is 2. The Morgan fingerprint density at radius 1 is 0.385 bits per heavy atom. The van der Waals surface area contributed by atoms with Gasteiger partial charge in [0.1, 0.15) is 23.0 Å². The van der Waals surface area contributed by atoms with Gasteiger partial charge in [-0.3, -0.25) is 39.4 Å². The second-order valence-electron chi connectivity index (χ2n) is 11.7. The number of hydrogen-bond donors (Lipinski definition) is 0. The molecule has 0 unspecified atom stereocenters. The topological polar surface area (TPSA) is 180 Å². The van der Waals surface area contributed by atoms with Crippen molar-refractivity contribution < 1.29 is 38.5 Å². The van der Waals surface area contributed by atoms with Crippen molar-refractivity contribution in [1.29, 1.82) is 0 Å².